The molecule has 1 aromatic carbocycles. The molecule has 1 heterocycles. The number of aryl methyl sites for hydroxylation is 1. The van der Waals surface area contributed by atoms with E-state index in [9.17, 15) is 5.11 Å². The fourth-order valence-electron chi connectivity index (χ4n) is 1.92. The van der Waals surface area contributed by atoms with Gasteiger partial charge in [-0.05, 0) is 36.5 Å². The van der Waals surface area contributed by atoms with Crippen molar-refractivity contribution in [3.63, 3.8) is 0 Å². The molecular weight excluding hydrogens is 210 g/mol. The van der Waals surface area contributed by atoms with Gasteiger partial charge in [0.1, 0.15) is 0 Å². The van der Waals surface area contributed by atoms with Crippen LogP contribution in [0.4, 0.5) is 0 Å². The molecule has 2 heteroatoms. The van der Waals surface area contributed by atoms with Gasteiger partial charge in [-0.1, -0.05) is 32.0 Å². The summed E-state index contributed by atoms with van der Waals surface area (Å²) < 4.78 is 0. The van der Waals surface area contributed by atoms with Gasteiger partial charge < -0.3 is 5.11 Å². The lowest BCUT2D eigenvalue weighted by Gasteiger charge is -2.14. The fraction of sp³-hybridized carbons (Fsp3) is 0.400. The molecule has 0 aliphatic carbocycles. The van der Waals surface area contributed by atoms with Crippen molar-refractivity contribution < 1.29 is 5.11 Å². The molecule has 90 valence electrons. The monoisotopic (exact) mass is 229 g/mol. The lowest BCUT2D eigenvalue weighted by molar-refractivity contribution is 0.116. The number of rotatable bonds is 4. The Morgan fingerprint density at radius 1 is 1.24 bits per heavy atom. The maximum absolute atomic E-state index is 9.79. The molecule has 0 saturated carbocycles. The molecule has 0 aliphatic rings. The highest BCUT2D eigenvalue weighted by atomic mass is 16.3. The maximum Gasteiger partial charge on any atom is 0.0704 e. The molecular formula is C15H19NO. The van der Waals surface area contributed by atoms with Gasteiger partial charge >= 0.3 is 0 Å². The van der Waals surface area contributed by atoms with E-state index < -0.39 is 0 Å². The first-order valence-corrected chi connectivity index (χ1v) is 6.18. The average molecular weight is 229 g/mol. The number of fused-ring (bicyclic) bond motifs is 1. The highest BCUT2D eigenvalue weighted by Gasteiger charge is 2.09. The number of nitrogens with zero attached hydrogens (tertiary/aromatic N) is 1. The molecule has 0 saturated heterocycles. The van der Waals surface area contributed by atoms with Gasteiger partial charge in [-0.3, -0.25) is 4.98 Å². The quantitative estimate of drug-likeness (QED) is 0.873. The van der Waals surface area contributed by atoms with Crippen molar-refractivity contribution in [3.05, 3.63) is 42.1 Å². The molecule has 1 atom stereocenters. The Morgan fingerprint density at radius 3 is 2.82 bits per heavy atom. The number of benzene rings is 1. The summed E-state index contributed by atoms with van der Waals surface area (Å²) in [6, 6.07) is 10.3. The zero-order valence-electron chi connectivity index (χ0n) is 10.4. The minimum absolute atomic E-state index is 0.213. The first-order valence-electron chi connectivity index (χ1n) is 6.18. The first kappa shape index (κ1) is 12.1. The molecule has 1 unspecified atom stereocenters. The van der Waals surface area contributed by atoms with Gasteiger partial charge in [0.15, 0.2) is 0 Å². The van der Waals surface area contributed by atoms with Crippen LogP contribution < -0.4 is 0 Å². The van der Waals surface area contributed by atoms with Crippen LogP contribution in [0.15, 0.2) is 36.5 Å². The summed E-state index contributed by atoms with van der Waals surface area (Å²) in [6.07, 6.45) is 3.33. The molecule has 0 fully saturated rings. The Labute approximate surface area is 102 Å². The van der Waals surface area contributed by atoms with Crippen LogP contribution in [0, 0.1) is 5.92 Å². The van der Waals surface area contributed by atoms with Crippen LogP contribution in [-0.2, 0) is 6.42 Å². The van der Waals surface area contributed by atoms with E-state index in [4.69, 9.17) is 0 Å². The molecule has 2 rings (SSSR count). The summed E-state index contributed by atoms with van der Waals surface area (Å²) in [4.78, 5) is 4.34. The van der Waals surface area contributed by atoms with E-state index in [0.29, 0.717) is 5.92 Å². The molecule has 0 radical (unpaired) electrons. The van der Waals surface area contributed by atoms with Crippen molar-refractivity contribution in [2.24, 2.45) is 5.92 Å². The second kappa shape index (κ2) is 5.28. The Balaban J connectivity index is 2.09. The zero-order chi connectivity index (χ0) is 12.3. The number of aliphatic hydroxyl groups is 1. The molecule has 0 amide bonds. The van der Waals surface area contributed by atoms with E-state index in [0.717, 1.165) is 18.4 Å². The van der Waals surface area contributed by atoms with Gasteiger partial charge in [0.25, 0.3) is 0 Å². The second-order valence-corrected chi connectivity index (χ2v) is 4.88. The Kier molecular flexibility index (Phi) is 3.75. The predicted octanol–water partition coefficient (Wildman–Crippen LogP) is 3.18. The lowest BCUT2D eigenvalue weighted by atomic mass is 9.99. The van der Waals surface area contributed by atoms with Crippen molar-refractivity contribution in [2.45, 2.75) is 32.8 Å². The molecule has 0 bridgehead atoms. The maximum atomic E-state index is 9.79. The van der Waals surface area contributed by atoms with E-state index >= 15 is 0 Å². The topological polar surface area (TPSA) is 33.1 Å². The van der Waals surface area contributed by atoms with Crippen LogP contribution >= 0.6 is 0 Å². The van der Waals surface area contributed by atoms with Crippen LogP contribution in [0.5, 0.6) is 0 Å². The average Bonchev–Trinajstić information content (AvgIpc) is 2.35. The lowest BCUT2D eigenvalue weighted by Crippen LogP contribution is -2.15. The SMILES string of the molecule is CC(C)C(O)CCc1ccc2cccnc2c1. The number of aliphatic hydroxyl groups excluding tert-OH is 1. The first-order chi connectivity index (χ1) is 8.16. The van der Waals surface area contributed by atoms with Gasteiger partial charge in [0.05, 0.1) is 11.6 Å². The summed E-state index contributed by atoms with van der Waals surface area (Å²) in [7, 11) is 0. The summed E-state index contributed by atoms with van der Waals surface area (Å²) in [5.74, 6) is 0.327. The minimum Gasteiger partial charge on any atom is -0.393 e. The van der Waals surface area contributed by atoms with E-state index in [2.05, 4.69) is 29.2 Å². The van der Waals surface area contributed by atoms with E-state index in [-0.39, 0.29) is 6.10 Å². The van der Waals surface area contributed by atoms with Crippen LogP contribution in [0.1, 0.15) is 25.8 Å². The Morgan fingerprint density at radius 2 is 2.06 bits per heavy atom. The molecule has 2 nitrogen and oxygen atoms in total. The molecule has 1 aromatic heterocycles. The Hall–Kier alpha value is -1.41. The van der Waals surface area contributed by atoms with Crippen molar-refractivity contribution in [2.75, 3.05) is 0 Å². The van der Waals surface area contributed by atoms with Crippen LogP contribution in [0.25, 0.3) is 10.9 Å². The zero-order valence-corrected chi connectivity index (χ0v) is 10.4. The minimum atomic E-state index is -0.213. The second-order valence-electron chi connectivity index (χ2n) is 4.88. The standard InChI is InChI=1S/C15H19NO/c1-11(2)15(17)8-6-12-5-7-13-4-3-9-16-14(13)10-12/h3-5,7,9-11,15,17H,6,8H2,1-2H3. The summed E-state index contributed by atoms with van der Waals surface area (Å²) in [6.45, 7) is 4.10. The highest BCUT2D eigenvalue weighted by Crippen LogP contribution is 2.16. The van der Waals surface area contributed by atoms with Crippen LogP contribution in [0.3, 0.4) is 0 Å². The normalized spacial score (nSPS) is 13.2. The molecule has 1 N–H and O–H groups in total. The van der Waals surface area contributed by atoms with E-state index in [1.807, 2.05) is 26.1 Å². The third kappa shape index (κ3) is 3.04. The summed E-state index contributed by atoms with van der Waals surface area (Å²) in [5.41, 5.74) is 2.28. The third-order valence-electron chi connectivity index (χ3n) is 3.17. The number of aromatic nitrogens is 1. The molecule has 0 aliphatic heterocycles. The smallest absolute Gasteiger partial charge is 0.0704 e. The largest absolute Gasteiger partial charge is 0.393 e. The van der Waals surface area contributed by atoms with Gasteiger partial charge in [-0.25, -0.2) is 0 Å². The summed E-state index contributed by atoms with van der Waals surface area (Å²) >= 11 is 0. The van der Waals surface area contributed by atoms with Gasteiger partial charge in [-0.2, -0.15) is 0 Å². The number of hydrogen-bond acceptors (Lipinski definition) is 2. The van der Waals surface area contributed by atoms with Crippen molar-refractivity contribution in [1.82, 2.24) is 4.98 Å². The highest BCUT2D eigenvalue weighted by molar-refractivity contribution is 5.78. The van der Waals surface area contributed by atoms with Gasteiger partial charge in [0, 0.05) is 11.6 Å². The van der Waals surface area contributed by atoms with Crippen molar-refractivity contribution in [1.29, 1.82) is 0 Å². The van der Waals surface area contributed by atoms with Gasteiger partial charge in [-0.15, -0.1) is 0 Å². The predicted molar refractivity (Wildman–Crippen MR) is 70.9 cm³/mol. The number of hydrogen-bond donors (Lipinski definition) is 1. The van der Waals surface area contributed by atoms with Crippen molar-refractivity contribution >= 4 is 10.9 Å². The molecule has 0 spiro atoms. The molecule has 17 heavy (non-hydrogen) atoms. The van der Waals surface area contributed by atoms with E-state index in [1.165, 1.54) is 10.9 Å². The number of pyridine rings is 1. The fourth-order valence-corrected chi connectivity index (χ4v) is 1.92. The van der Waals surface area contributed by atoms with E-state index in [1.54, 1.807) is 0 Å². The van der Waals surface area contributed by atoms with Crippen LogP contribution in [-0.4, -0.2) is 16.2 Å². The van der Waals surface area contributed by atoms with Crippen LogP contribution in [0.2, 0.25) is 0 Å². The third-order valence-corrected chi connectivity index (χ3v) is 3.17. The van der Waals surface area contributed by atoms with Crippen molar-refractivity contribution in [3.8, 4) is 0 Å². The summed E-state index contributed by atoms with van der Waals surface area (Å²) in [5, 5.41) is 11.0. The Bertz CT molecular complexity index is 493. The molecule has 2 aromatic rings. The van der Waals surface area contributed by atoms with Gasteiger partial charge in [0.2, 0.25) is 0 Å².